The molecule has 0 aliphatic carbocycles. The van der Waals surface area contributed by atoms with Crippen molar-refractivity contribution in [3.05, 3.63) is 39.7 Å². The molecule has 0 saturated carbocycles. The van der Waals surface area contributed by atoms with E-state index in [-0.39, 0.29) is 5.13 Å². The fraction of sp³-hybridized carbons (Fsp3) is 0.188. The van der Waals surface area contributed by atoms with E-state index in [2.05, 4.69) is 15.3 Å². The van der Waals surface area contributed by atoms with Gasteiger partial charge in [-0.15, -0.1) is 22.7 Å². The van der Waals surface area contributed by atoms with Gasteiger partial charge in [-0.25, -0.2) is 9.97 Å². The molecule has 1 N–H and O–H groups in total. The summed E-state index contributed by atoms with van der Waals surface area (Å²) in [5.41, 5.74) is 0.886. The van der Waals surface area contributed by atoms with Crippen molar-refractivity contribution in [3.8, 4) is 22.8 Å². The largest absolute Gasteiger partial charge is 0.497 e. The number of carbonyl (C=O) groups is 1. The van der Waals surface area contributed by atoms with Crippen LogP contribution in [0.5, 0.6) is 11.5 Å². The van der Waals surface area contributed by atoms with Crippen LogP contribution in [0.1, 0.15) is 15.4 Å². The lowest BCUT2D eigenvalue weighted by Crippen LogP contribution is -2.17. The third-order valence-corrected chi connectivity index (χ3v) is 5.03. The number of nitrogens with zero attached hydrogens (tertiary/aromatic N) is 2. The first-order valence-electron chi connectivity index (χ1n) is 7.33. The van der Waals surface area contributed by atoms with Crippen LogP contribution in [-0.4, -0.2) is 30.1 Å². The van der Waals surface area contributed by atoms with E-state index < -0.39 is 22.7 Å². The number of hydrogen-bond donors (Lipinski definition) is 1. The summed E-state index contributed by atoms with van der Waals surface area (Å²) in [6, 6.07) is 5.14. The number of aromatic nitrogens is 2. The first-order chi connectivity index (χ1) is 12.8. The molecule has 27 heavy (non-hydrogen) atoms. The Bertz CT molecular complexity index is 969. The highest BCUT2D eigenvalue weighted by Crippen LogP contribution is 2.36. The van der Waals surface area contributed by atoms with Gasteiger partial charge in [0.25, 0.3) is 5.91 Å². The monoisotopic (exact) mass is 415 g/mol. The Balaban J connectivity index is 1.85. The number of ether oxygens (including phenoxy) is 2. The number of methoxy groups -OCH3 is 2. The van der Waals surface area contributed by atoms with Crippen LogP contribution in [0.4, 0.5) is 18.3 Å². The molecule has 0 saturated heterocycles. The first kappa shape index (κ1) is 19.1. The van der Waals surface area contributed by atoms with Crippen LogP contribution in [-0.2, 0) is 6.18 Å². The average molecular weight is 415 g/mol. The molecule has 3 aromatic rings. The van der Waals surface area contributed by atoms with Crippen LogP contribution in [0.25, 0.3) is 11.3 Å². The van der Waals surface area contributed by atoms with E-state index in [1.54, 1.807) is 23.6 Å². The maximum Gasteiger partial charge on any atom is 0.434 e. The Morgan fingerprint density at radius 1 is 1.19 bits per heavy atom. The molecule has 3 rings (SSSR count). The van der Waals surface area contributed by atoms with E-state index in [0.717, 1.165) is 16.8 Å². The minimum Gasteiger partial charge on any atom is -0.497 e. The Morgan fingerprint density at radius 3 is 2.63 bits per heavy atom. The molecule has 0 unspecified atom stereocenters. The number of benzene rings is 1. The maximum absolute atomic E-state index is 12.9. The molecule has 1 amide bonds. The second-order valence-electron chi connectivity index (χ2n) is 5.09. The zero-order valence-corrected chi connectivity index (χ0v) is 15.6. The number of hydrogen-bond acceptors (Lipinski definition) is 7. The Morgan fingerprint density at radius 2 is 1.96 bits per heavy atom. The smallest absolute Gasteiger partial charge is 0.434 e. The molecule has 11 heteroatoms. The molecule has 0 fully saturated rings. The SMILES string of the molecule is COc1ccc(OC)c(-c2csc(NC(=O)c3scnc3C(F)(F)F)n2)c1. The predicted octanol–water partition coefficient (Wildman–Crippen LogP) is 4.55. The summed E-state index contributed by atoms with van der Waals surface area (Å²) in [5.74, 6) is 0.216. The Labute approximate surface area is 159 Å². The lowest BCUT2D eigenvalue weighted by atomic mass is 10.1. The van der Waals surface area contributed by atoms with Gasteiger partial charge in [-0.05, 0) is 18.2 Å². The van der Waals surface area contributed by atoms with E-state index in [9.17, 15) is 18.0 Å². The number of carbonyl (C=O) groups excluding carboxylic acids is 1. The molecule has 1 aromatic carbocycles. The molecular weight excluding hydrogens is 403 g/mol. The average Bonchev–Trinajstić information content (AvgIpc) is 3.30. The lowest BCUT2D eigenvalue weighted by Gasteiger charge is -2.08. The highest BCUT2D eigenvalue weighted by Gasteiger charge is 2.38. The van der Waals surface area contributed by atoms with E-state index >= 15 is 0 Å². The summed E-state index contributed by atoms with van der Waals surface area (Å²) in [6.07, 6.45) is -4.70. The van der Waals surface area contributed by atoms with Gasteiger partial charge in [0.05, 0.1) is 25.4 Å². The van der Waals surface area contributed by atoms with Crippen LogP contribution >= 0.6 is 22.7 Å². The molecule has 2 heterocycles. The van der Waals surface area contributed by atoms with Gasteiger partial charge in [-0.2, -0.15) is 13.2 Å². The van der Waals surface area contributed by atoms with Crippen molar-refractivity contribution in [2.75, 3.05) is 19.5 Å². The van der Waals surface area contributed by atoms with Gasteiger partial charge in [0.2, 0.25) is 0 Å². The molecule has 0 aliphatic rings. The zero-order chi connectivity index (χ0) is 19.6. The normalized spacial score (nSPS) is 11.3. The van der Waals surface area contributed by atoms with E-state index in [1.807, 2.05) is 0 Å². The van der Waals surface area contributed by atoms with Crippen molar-refractivity contribution >= 4 is 33.7 Å². The van der Waals surface area contributed by atoms with Gasteiger partial charge in [0.15, 0.2) is 10.8 Å². The fourth-order valence-corrected chi connectivity index (χ4v) is 3.64. The second-order valence-corrected chi connectivity index (χ2v) is 6.80. The number of nitrogens with one attached hydrogen (secondary N) is 1. The van der Waals surface area contributed by atoms with Crippen molar-refractivity contribution in [1.29, 1.82) is 0 Å². The molecule has 0 radical (unpaired) electrons. The number of amides is 1. The fourth-order valence-electron chi connectivity index (χ4n) is 2.23. The maximum atomic E-state index is 12.9. The zero-order valence-electron chi connectivity index (χ0n) is 14.0. The molecule has 6 nitrogen and oxygen atoms in total. The predicted molar refractivity (Wildman–Crippen MR) is 95.7 cm³/mol. The molecule has 0 bridgehead atoms. The lowest BCUT2D eigenvalue weighted by molar-refractivity contribution is -0.141. The van der Waals surface area contributed by atoms with Gasteiger partial charge >= 0.3 is 6.18 Å². The summed E-state index contributed by atoms with van der Waals surface area (Å²) in [6.45, 7) is 0. The number of anilines is 1. The summed E-state index contributed by atoms with van der Waals surface area (Å²) in [4.78, 5) is 19.2. The minimum atomic E-state index is -4.70. The van der Waals surface area contributed by atoms with Crippen LogP contribution in [0.2, 0.25) is 0 Å². The summed E-state index contributed by atoms with van der Waals surface area (Å²) >= 11 is 1.69. The highest BCUT2D eigenvalue weighted by atomic mass is 32.1. The number of rotatable bonds is 5. The van der Waals surface area contributed by atoms with Crippen molar-refractivity contribution in [2.24, 2.45) is 0 Å². The topological polar surface area (TPSA) is 73.3 Å². The third-order valence-electron chi connectivity index (χ3n) is 3.45. The minimum absolute atomic E-state index is 0.154. The van der Waals surface area contributed by atoms with E-state index in [4.69, 9.17) is 9.47 Å². The van der Waals surface area contributed by atoms with Crippen molar-refractivity contribution < 1.29 is 27.4 Å². The van der Waals surface area contributed by atoms with Crippen molar-refractivity contribution in [2.45, 2.75) is 6.18 Å². The number of halogens is 3. The molecule has 0 atom stereocenters. The van der Waals surface area contributed by atoms with Gasteiger partial charge in [0.1, 0.15) is 16.4 Å². The van der Waals surface area contributed by atoms with Gasteiger partial charge in [-0.1, -0.05) is 0 Å². The molecule has 142 valence electrons. The summed E-state index contributed by atoms with van der Waals surface area (Å²) in [7, 11) is 3.02. The van der Waals surface area contributed by atoms with Gasteiger partial charge in [0, 0.05) is 10.9 Å². The van der Waals surface area contributed by atoms with Crippen LogP contribution in [0, 0.1) is 0 Å². The third kappa shape index (κ3) is 4.03. The molecule has 0 aliphatic heterocycles. The van der Waals surface area contributed by atoms with Gasteiger partial charge in [-0.3, -0.25) is 10.1 Å². The van der Waals surface area contributed by atoms with E-state index in [1.165, 1.54) is 14.2 Å². The van der Waals surface area contributed by atoms with Crippen molar-refractivity contribution in [3.63, 3.8) is 0 Å². The quantitative estimate of drug-likeness (QED) is 0.662. The number of thiazole rings is 2. The Kier molecular flexibility index (Phi) is 5.33. The van der Waals surface area contributed by atoms with Gasteiger partial charge < -0.3 is 9.47 Å². The van der Waals surface area contributed by atoms with Crippen molar-refractivity contribution in [1.82, 2.24) is 9.97 Å². The highest BCUT2D eigenvalue weighted by molar-refractivity contribution is 7.14. The molecular formula is C16H12F3N3O3S2. The molecule has 2 aromatic heterocycles. The summed E-state index contributed by atoms with van der Waals surface area (Å²) in [5, 5.41) is 4.19. The molecule has 0 spiro atoms. The van der Waals surface area contributed by atoms with Crippen LogP contribution < -0.4 is 14.8 Å². The van der Waals surface area contributed by atoms with Crippen LogP contribution in [0.15, 0.2) is 29.1 Å². The standard InChI is InChI=1S/C16H12F3N3O3S2/c1-24-8-3-4-11(25-2)9(5-8)10-6-26-15(21-10)22-14(23)12-13(16(17,18)19)20-7-27-12/h3-7H,1-2H3,(H,21,22,23). The summed E-state index contributed by atoms with van der Waals surface area (Å²) < 4.78 is 49.1. The van der Waals surface area contributed by atoms with Crippen LogP contribution in [0.3, 0.4) is 0 Å². The first-order valence-corrected chi connectivity index (χ1v) is 9.09. The number of alkyl halides is 3. The van der Waals surface area contributed by atoms with E-state index in [0.29, 0.717) is 34.1 Å². The second kappa shape index (κ2) is 7.53. The Hall–Kier alpha value is -2.66.